The summed E-state index contributed by atoms with van der Waals surface area (Å²) in [6.07, 6.45) is -8.19. The molecule has 9 nitrogen and oxygen atoms in total. The van der Waals surface area contributed by atoms with E-state index in [1.54, 1.807) is 30.6 Å². The van der Waals surface area contributed by atoms with Gasteiger partial charge in [0.1, 0.15) is 16.3 Å². The second kappa shape index (κ2) is 14.8. The van der Waals surface area contributed by atoms with Crippen LogP contribution >= 0.6 is 22.9 Å². The Bertz CT molecular complexity index is 1740. The largest absolute Gasteiger partial charge is 0.474 e. The normalized spacial score (nSPS) is 21.1. The van der Waals surface area contributed by atoms with Gasteiger partial charge in [0.25, 0.3) is 11.8 Å². The Balaban J connectivity index is 1.64. The first-order valence-electron chi connectivity index (χ1n) is 15.8. The first-order valence-corrected chi connectivity index (χ1v) is 17.0. The predicted octanol–water partition coefficient (Wildman–Crippen LogP) is 7.30. The van der Waals surface area contributed by atoms with Crippen LogP contribution in [0.3, 0.4) is 0 Å². The minimum atomic E-state index is -4.93. The minimum absolute atomic E-state index is 0.0233. The lowest BCUT2D eigenvalue weighted by Gasteiger charge is -2.51. The number of hydroxylamine groups is 1. The quantitative estimate of drug-likeness (QED) is 0.135. The van der Waals surface area contributed by atoms with Gasteiger partial charge in [0.05, 0.1) is 11.6 Å². The van der Waals surface area contributed by atoms with Crippen LogP contribution in [0.2, 0.25) is 5.02 Å². The number of nitrogens with zero attached hydrogens (tertiary/aromatic N) is 3. The highest BCUT2D eigenvalue weighted by molar-refractivity contribution is 7.10. The summed E-state index contributed by atoms with van der Waals surface area (Å²) in [6.45, 7) is 1.64. The van der Waals surface area contributed by atoms with E-state index in [0.29, 0.717) is 28.3 Å². The van der Waals surface area contributed by atoms with Crippen molar-refractivity contribution in [1.29, 1.82) is 0 Å². The van der Waals surface area contributed by atoms with Gasteiger partial charge in [-0.3, -0.25) is 24.6 Å². The van der Waals surface area contributed by atoms with E-state index < -0.39 is 63.9 Å². The van der Waals surface area contributed by atoms with E-state index in [-0.39, 0.29) is 57.4 Å². The van der Waals surface area contributed by atoms with Crippen molar-refractivity contribution in [2.24, 2.45) is 0 Å². The number of hydrogen-bond donors (Lipinski definition) is 2. The third kappa shape index (κ3) is 7.71. The summed E-state index contributed by atoms with van der Waals surface area (Å²) in [5.41, 5.74) is -1.15. The molecule has 4 heterocycles. The van der Waals surface area contributed by atoms with Gasteiger partial charge in [0, 0.05) is 54.6 Å². The number of aromatic nitrogens is 1. The van der Waals surface area contributed by atoms with Crippen LogP contribution in [-0.4, -0.2) is 61.9 Å². The number of carbonyl (C=O) groups excluding carboxylic acids is 3. The SMILES string of the molecule is CCC[C@H]1N(C(=O)c2ncccc2C(F)(F)F)CCC[C@@]1(Oc1csc(C(F)(F)F)c1)C(=O)N1Cc2ccc(Cl)cc2C[C@@H]1CCC(=O)NO. The van der Waals surface area contributed by atoms with Crippen LogP contribution in [0, 0.1) is 0 Å². The molecule has 3 amide bonds. The Labute approximate surface area is 292 Å². The number of amides is 3. The zero-order valence-corrected chi connectivity index (χ0v) is 28.2. The summed E-state index contributed by atoms with van der Waals surface area (Å²) in [5.74, 6) is -2.82. The van der Waals surface area contributed by atoms with Crippen LogP contribution in [0.1, 0.15) is 77.5 Å². The Morgan fingerprint density at radius 1 is 1.08 bits per heavy atom. The van der Waals surface area contributed by atoms with Crippen LogP contribution in [-0.2, 0) is 34.9 Å². The molecule has 270 valence electrons. The van der Waals surface area contributed by atoms with Crippen molar-refractivity contribution in [3.8, 4) is 5.75 Å². The van der Waals surface area contributed by atoms with Gasteiger partial charge in [0.15, 0.2) is 0 Å². The maximum absolute atomic E-state index is 15.2. The summed E-state index contributed by atoms with van der Waals surface area (Å²) in [6, 6.07) is 5.67. The van der Waals surface area contributed by atoms with Crippen molar-refractivity contribution in [2.45, 2.75) is 88.5 Å². The smallest absolute Gasteiger partial charge is 0.425 e. The molecule has 0 saturated carbocycles. The number of hydrogen-bond acceptors (Lipinski definition) is 7. The average Bonchev–Trinajstić information content (AvgIpc) is 3.55. The highest BCUT2D eigenvalue weighted by atomic mass is 35.5. The molecular weight excluding hydrogens is 714 g/mol. The number of likely N-dealkylation sites (tertiary alicyclic amines) is 1. The molecular formula is C33H33ClF6N4O5S. The molecule has 2 aromatic heterocycles. The number of benzene rings is 1. The van der Waals surface area contributed by atoms with Crippen LogP contribution in [0.5, 0.6) is 5.75 Å². The van der Waals surface area contributed by atoms with E-state index in [0.717, 1.165) is 40.2 Å². The van der Waals surface area contributed by atoms with Gasteiger partial charge >= 0.3 is 12.4 Å². The molecule has 0 bridgehead atoms. The van der Waals surface area contributed by atoms with E-state index in [4.69, 9.17) is 21.5 Å². The Hall–Kier alpha value is -3.89. The highest BCUT2D eigenvalue weighted by Crippen LogP contribution is 2.44. The summed E-state index contributed by atoms with van der Waals surface area (Å²) in [5, 5.41) is 10.7. The maximum Gasteiger partial charge on any atom is 0.425 e. The molecule has 3 aromatic rings. The Kier molecular flexibility index (Phi) is 11.0. The molecule has 1 aromatic carbocycles. The van der Waals surface area contributed by atoms with Gasteiger partial charge in [-0.1, -0.05) is 31.0 Å². The molecule has 3 atom stereocenters. The molecule has 2 aliphatic heterocycles. The standard InChI is InChI=1S/C33H33ClF6N4O5S/c1-2-5-25-31(49-23-16-26(50-18-23)33(38,39)40,11-4-13-43(25)29(46)28-24(32(35,36)37)6-3-12-41-28)30(47)44-17-19-7-8-21(34)14-20(19)15-22(44)9-10-27(45)42-48/h3,6-8,12,14,16,18,22,25,48H,2,4-5,9-11,13,15,17H2,1H3,(H,42,45)/t22-,25+,31-/m0/s1. The van der Waals surface area contributed by atoms with E-state index in [2.05, 4.69) is 4.98 Å². The molecule has 1 fully saturated rings. The van der Waals surface area contributed by atoms with Crippen molar-refractivity contribution in [3.63, 3.8) is 0 Å². The Morgan fingerprint density at radius 2 is 1.84 bits per heavy atom. The lowest BCUT2D eigenvalue weighted by atomic mass is 9.78. The summed E-state index contributed by atoms with van der Waals surface area (Å²) in [7, 11) is 0. The van der Waals surface area contributed by atoms with Gasteiger partial charge in [-0.25, -0.2) is 5.48 Å². The molecule has 0 radical (unpaired) electrons. The van der Waals surface area contributed by atoms with Crippen LogP contribution in [0.25, 0.3) is 0 Å². The zero-order chi connectivity index (χ0) is 36.4. The number of fused-ring (bicyclic) bond motifs is 1. The molecule has 50 heavy (non-hydrogen) atoms. The second-order valence-electron chi connectivity index (χ2n) is 12.2. The Morgan fingerprint density at radius 3 is 2.50 bits per heavy atom. The number of alkyl halides is 6. The summed E-state index contributed by atoms with van der Waals surface area (Å²) < 4.78 is 89.5. The van der Waals surface area contributed by atoms with Crippen LogP contribution in [0.15, 0.2) is 48.0 Å². The summed E-state index contributed by atoms with van der Waals surface area (Å²) in [4.78, 5) is 46.6. The molecule has 0 unspecified atom stereocenters. The first-order chi connectivity index (χ1) is 23.6. The fraction of sp³-hybridized carbons (Fsp3) is 0.455. The number of thiophene rings is 1. The second-order valence-corrected chi connectivity index (χ2v) is 13.6. The summed E-state index contributed by atoms with van der Waals surface area (Å²) >= 11 is 6.59. The lowest BCUT2D eigenvalue weighted by Crippen LogP contribution is -2.69. The number of halogens is 7. The van der Waals surface area contributed by atoms with Gasteiger partial charge in [-0.15, -0.1) is 11.3 Å². The zero-order valence-electron chi connectivity index (χ0n) is 26.6. The topological polar surface area (TPSA) is 112 Å². The maximum atomic E-state index is 15.2. The molecule has 0 aliphatic carbocycles. The number of ether oxygens (including phenoxy) is 1. The third-order valence-electron chi connectivity index (χ3n) is 9.01. The van der Waals surface area contributed by atoms with Crippen molar-refractivity contribution in [1.82, 2.24) is 20.3 Å². The van der Waals surface area contributed by atoms with Crippen LogP contribution in [0.4, 0.5) is 26.3 Å². The number of piperidine rings is 1. The minimum Gasteiger partial charge on any atom is -0.474 e. The van der Waals surface area contributed by atoms with Crippen LogP contribution < -0.4 is 10.2 Å². The van der Waals surface area contributed by atoms with E-state index >= 15 is 4.79 Å². The van der Waals surface area contributed by atoms with E-state index in [1.807, 2.05) is 0 Å². The number of carbonyl (C=O) groups is 3. The lowest BCUT2D eigenvalue weighted by molar-refractivity contribution is -0.163. The van der Waals surface area contributed by atoms with Gasteiger partial charge in [-0.2, -0.15) is 26.3 Å². The third-order valence-corrected chi connectivity index (χ3v) is 10.2. The van der Waals surface area contributed by atoms with Crippen molar-refractivity contribution in [2.75, 3.05) is 6.54 Å². The fourth-order valence-corrected chi connectivity index (χ4v) is 7.66. The monoisotopic (exact) mass is 746 g/mol. The molecule has 17 heteroatoms. The van der Waals surface area contributed by atoms with Gasteiger partial charge < -0.3 is 14.5 Å². The van der Waals surface area contributed by atoms with E-state index in [1.165, 1.54) is 4.90 Å². The molecule has 2 N–H and O–H groups in total. The van der Waals surface area contributed by atoms with E-state index in [9.17, 15) is 35.9 Å². The van der Waals surface area contributed by atoms with Crippen molar-refractivity contribution in [3.05, 3.63) is 80.3 Å². The fourth-order valence-electron chi connectivity index (χ4n) is 6.78. The molecule has 2 aliphatic rings. The highest BCUT2D eigenvalue weighted by Gasteiger charge is 2.57. The number of rotatable bonds is 9. The molecule has 0 spiro atoms. The number of pyridine rings is 1. The van der Waals surface area contributed by atoms with Gasteiger partial charge in [-0.05, 0) is 61.1 Å². The molecule has 5 rings (SSSR count). The van der Waals surface area contributed by atoms with Gasteiger partial charge in [0.2, 0.25) is 11.5 Å². The number of nitrogens with one attached hydrogen (secondary N) is 1. The predicted molar refractivity (Wildman–Crippen MR) is 170 cm³/mol. The van der Waals surface area contributed by atoms with Crippen molar-refractivity contribution < 1.29 is 50.7 Å². The molecule has 1 saturated heterocycles. The average molecular weight is 747 g/mol. The van der Waals surface area contributed by atoms with Crippen molar-refractivity contribution >= 4 is 40.7 Å². The first kappa shape index (κ1) is 37.4.